The molecule has 0 aromatic heterocycles. The van der Waals surface area contributed by atoms with Gasteiger partial charge in [0.2, 0.25) is 0 Å². The molecule has 0 saturated carbocycles. The fourth-order valence-electron chi connectivity index (χ4n) is 2.70. The van der Waals surface area contributed by atoms with Crippen LogP contribution in [0.15, 0.2) is 23.8 Å². The summed E-state index contributed by atoms with van der Waals surface area (Å²) < 4.78 is 10.3. The summed E-state index contributed by atoms with van der Waals surface area (Å²) in [5, 5.41) is 9.72. The number of nitrogens with zero attached hydrogens (tertiary/aromatic N) is 1. The number of ether oxygens (including phenoxy) is 2. The van der Waals surface area contributed by atoms with Crippen LogP contribution in [0.3, 0.4) is 0 Å². The fourth-order valence-corrected chi connectivity index (χ4v) is 2.70. The molecular formula is C16H22N2O4. The average molecular weight is 306 g/mol. The fraction of sp³-hybridized carbons (Fsp3) is 0.438. The summed E-state index contributed by atoms with van der Waals surface area (Å²) in [4.78, 5) is 14.6. The summed E-state index contributed by atoms with van der Waals surface area (Å²) in [5.41, 5.74) is 7.64. The second-order valence-electron chi connectivity index (χ2n) is 5.30. The molecule has 120 valence electrons. The van der Waals surface area contributed by atoms with Crippen molar-refractivity contribution in [2.24, 2.45) is 0 Å². The zero-order valence-electron chi connectivity index (χ0n) is 13.1. The van der Waals surface area contributed by atoms with Crippen LogP contribution >= 0.6 is 0 Å². The monoisotopic (exact) mass is 306 g/mol. The number of rotatable bonds is 4. The third-order valence-electron chi connectivity index (χ3n) is 3.92. The van der Waals surface area contributed by atoms with E-state index in [0.717, 1.165) is 6.42 Å². The number of carbonyl (C=O) groups excluding carboxylic acids is 1. The van der Waals surface area contributed by atoms with E-state index >= 15 is 0 Å². The van der Waals surface area contributed by atoms with Gasteiger partial charge in [0.1, 0.15) is 0 Å². The average Bonchev–Trinajstić information content (AvgIpc) is 2.90. The molecule has 1 fully saturated rings. The van der Waals surface area contributed by atoms with Gasteiger partial charge in [-0.05, 0) is 19.4 Å². The summed E-state index contributed by atoms with van der Waals surface area (Å²) in [6, 6.07) is 2.80. The SMILES string of the molecule is C/C=C1\CC(COC)N(C(=O)c2cc(OC)c(O)cc2N)C1. The Morgan fingerprint density at radius 1 is 1.50 bits per heavy atom. The van der Waals surface area contributed by atoms with Gasteiger partial charge >= 0.3 is 0 Å². The third kappa shape index (κ3) is 3.01. The van der Waals surface area contributed by atoms with Crippen LogP contribution in [0.5, 0.6) is 11.5 Å². The number of phenolic OH excluding ortho intramolecular Hbond substituents is 1. The first kappa shape index (κ1) is 16.2. The first-order valence-electron chi connectivity index (χ1n) is 7.12. The van der Waals surface area contributed by atoms with E-state index in [4.69, 9.17) is 15.2 Å². The van der Waals surface area contributed by atoms with Gasteiger partial charge in [-0.15, -0.1) is 0 Å². The smallest absolute Gasteiger partial charge is 0.256 e. The largest absolute Gasteiger partial charge is 0.504 e. The lowest BCUT2D eigenvalue weighted by atomic mass is 10.1. The maximum atomic E-state index is 12.8. The minimum Gasteiger partial charge on any atom is -0.504 e. The highest BCUT2D eigenvalue weighted by molar-refractivity contribution is 6.00. The van der Waals surface area contributed by atoms with Crippen LogP contribution in [0.25, 0.3) is 0 Å². The molecule has 1 aromatic rings. The number of nitrogens with two attached hydrogens (primary N) is 1. The van der Waals surface area contributed by atoms with E-state index in [2.05, 4.69) is 0 Å². The molecule has 0 radical (unpaired) electrons. The number of phenols is 1. The van der Waals surface area contributed by atoms with Crippen LogP contribution in [0.4, 0.5) is 5.69 Å². The van der Waals surface area contributed by atoms with Crippen LogP contribution < -0.4 is 10.5 Å². The van der Waals surface area contributed by atoms with Crippen molar-refractivity contribution in [1.82, 2.24) is 4.90 Å². The number of aromatic hydroxyl groups is 1. The molecule has 6 heteroatoms. The Morgan fingerprint density at radius 3 is 2.82 bits per heavy atom. The van der Waals surface area contributed by atoms with Crippen molar-refractivity contribution < 1.29 is 19.4 Å². The highest BCUT2D eigenvalue weighted by Crippen LogP contribution is 2.33. The van der Waals surface area contributed by atoms with E-state index in [1.165, 1.54) is 24.8 Å². The number of carbonyl (C=O) groups is 1. The van der Waals surface area contributed by atoms with Gasteiger partial charge in [-0.25, -0.2) is 0 Å². The summed E-state index contributed by atoms with van der Waals surface area (Å²) in [7, 11) is 3.05. The molecule has 0 bridgehead atoms. The second kappa shape index (κ2) is 6.70. The van der Waals surface area contributed by atoms with Crippen molar-refractivity contribution in [2.75, 3.05) is 33.1 Å². The van der Waals surface area contributed by atoms with Gasteiger partial charge in [-0.2, -0.15) is 0 Å². The molecule has 22 heavy (non-hydrogen) atoms. The van der Waals surface area contributed by atoms with E-state index in [1.807, 2.05) is 13.0 Å². The Labute approximate surface area is 130 Å². The third-order valence-corrected chi connectivity index (χ3v) is 3.92. The summed E-state index contributed by atoms with van der Waals surface area (Å²) in [6.45, 7) is 3.00. The number of benzene rings is 1. The lowest BCUT2D eigenvalue weighted by Gasteiger charge is -2.24. The van der Waals surface area contributed by atoms with Crippen molar-refractivity contribution in [3.05, 3.63) is 29.3 Å². The van der Waals surface area contributed by atoms with E-state index < -0.39 is 0 Å². The molecule has 1 heterocycles. The predicted octanol–water partition coefficient (Wildman–Crippen LogP) is 1.79. The molecule has 1 amide bonds. The maximum absolute atomic E-state index is 12.8. The van der Waals surface area contributed by atoms with Crippen LogP contribution in [0.2, 0.25) is 0 Å². The van der Waals surface area contributed by atoms with E-state index in [1.54, 1.807) is 12.0 Å². The Bertz CT molecular complexity index is 598. The Hall–Kier alpha value is -2.21. The molecule has 1 saturated heterocycles. The molecule has 6 nitrogen and oxygen atoms in total. The van der Waals surface area contributed by atoms with Crippen molar-refractivity contribution >= 4 is 11.6 Å². The van der Waals surface area contributed by atoms with Crippen molar-refractivity contribution in [2.45, 2.75) is 19.4 Å². The highest BCUT2D eigenvalue weighted by Gasteiger charge is 2.33. The molecule has 0 spiro atoms. The molecular weight excluding hydrogens is 284 g/mol. The van der Waals surface area contributed by atoms with Crippen molar-refractivity contribution in [3.8, 4) is 11.5 Å². The maximum Gasteiger partial charge on any atom is 0.256 e. The Balaban J connectivity index is 2.34. The molecule has 1 aliphatic heterocycles. The summed E-state index contributed by atoms with van der Waals surface area (Å²) in [5.74, 6) is -0.0402. The minimum absolute atomic E-state index is 0.0112. The summed E-state index contributed by atoms with van der Waals surface area (Å²) in [6.07, 6.45) is 2.82. The predicted molar refractivity (Wildman–Crippen MR) is 84.1 cm³/mol. The first-order chi connectivity index (χ1) is 10.5. The summed E-state index contributed by atoms with van der Waals surface area (Å²) >= 11 is 0. The zero-order valence-corrected chi connectivity index (χ0v) is 13.1. The Kier molecular flexibility index (Phi) is 4.92. The van der Waals surface area contributed by atoms with Gasteiger partial charge in [0, 0.05) is 25.4 Å². The normalized spacial score (nSPS) is 19.7. The topological polar surface area (TPSA) is 85.0 Å². The molecule has 1 aromatic carbocycles. The van der Waals surface area contributed by atoms with Crippen molar-refractivity contribution in [3.63, 3.8) is 0 Å². The number of anilines is 1. The second-order valence-corrected chi connectivity index (χ2v) is 5.30. The van der Waals surface area contributed by atoms with Gasteiger partial charge < -0.3 is 25.2 Å². The van der Waals surface area contributed by atoms with Crippen LogP contribution in [0.1, 0.15) is 23.7 Å². The van der Waals surface area contributed by atoms with Gasteiger partial charge in [0.25, 0.3) is 5.91 Å². The number of hydrogen-bond acceptors (Lipinski definition) is 5. The Morgan fingerprint density at radius 2 is 2.23 bits per heavy atom. The van der Waals surface area contributed by atoms with E-state index in [9.17, 15) is 9.90 Å². The highest BCUT2D eigenvalue weighted by atomic mass is 16.5. The van der Waals surface area contributed by atoms with Crippen LogP contribution in [0, 0.1) is 0 Å². The number of methoxy groups -OCH3 is 2. The van der Waals surface area contributed by atoms with Crippen molar-refractivity contribution in [1.29, 1.82) is 0 Å². The van der Waals surface area contributed by atoms with Gasteiger partial charge in [0.05, 0.1) is 25.3 Å². The molecule has 0 aliphatic carbocycles. The number of likely N-dealkylation sites (tertiary alicyclic amines) is 1. The number of nitrogen functional groups attached to an aromatic ring is 1. The quantitative estimate of drug-likeness (QED) is 0.654. The van der Waals surface area contributed by atoms with Crippen LogP contribution in [-0.4, -0.2) is 49.3 Å². The van der Waals surface area contributed by atoms with Gasteiger partial charge in [-0.3, -0.25) is 4.79 Å². The van der Waals surface area contributed by atoms with Gasteiger partial charge in [-0.1, -0.05) is 11.6 Å². The molecule has 2 rings (SSSR count). The molecule has 1 atom stereocenters. The lowest BCUT2D eigenvalue weighted by molar-refractivity contribution is 0.0632. The van der Waals surface area contributed by atoms with E-state index in [-0.39, 0.29) is 29.1 Å². The number of hydrogen-bond donors (Lipinski definition) is 2. The van der Waals surface area contributed by atoms with Gasteiger partial charge in [0.15, 0.2) is 11.5 Å². The lowest BCUT2D eigenvalue weighted by Crippen LogP contribution is -2.38. The molecule has 3 N–H and O–H groups in total. The van der Waals surface area contributed by atoms with Crippen LogP contribution in [-0.2, 0) is 4.74 Å². The number of amides is 1. The standard InChI is InChI=1S/C16H22N2O4/c1-4-10-5-11(9-21-2)18(8-10)16(20)12-6-15(22-3)14(19)7-13(12)17/h4,6-7,11,19H,5,8-9,17H2,1-3H3/b10-4+. The molecule has 1 unspecified atom stereocenters. The van der Waals surface area contributed by atoms with E-state index in [0.29, 0.717) is 18.7 Å². The first-order valence-corrected chi connectivity index (χ1v) is 7.12. The number of allylic oxidation sites excluding steroid dienone is 1. The zero-order chi connectivity index (χ0) is 16.3. The minimum atomic E-state index is -0.185. The molecule has 1 aliphatic rings.